The van der Waals surface area contributed by atoms with Crippen molar-refractivity contribution in [2.24, 2.45) is 4.99 Å². The summed E-state index contributed by atoms with van der Waals surface area (Å²) >= 11 is 0. The first-order valence-electron chi connectivity index (χ1n) is 4.64. The van der Waals surface area contributed by atoms with E-state index in [0.717, 1.165) is 16.7 Å². The lowest BCUT2D eigenvalue weighted by atomic mass is 10.0. The van der Waals surface area contributed by atoms with Gasteiger partial charge >= 0.3 is 0 Å². The summed E-state index contributed by atoms with van der Waals surface area (Å²) in [7, 11) is 0. The number of pyridine rings is 1. The van der Waals surface area contributed by atoms with E-state index in [1.165, 1.54) is 0 Å². The van der Waals surface area contributed by atoms with Gasteiger partial charge in [-0.05, 0) is 6.72 Å². The molecule has 16 heavy (non-hydrogen) atoms. The zero-order chi connectivity index (χ0) is 11.5. The number of rotatable bonds is 3. The van der Waals surface area contributed by atoms with Crippen molar-refractivity contribution in [2.75, 3.05) is 5.73 Å². The number of aliphatic imine (C=N–C) groups is 1. The lowest BCUT2D eigenvalue weighted by Gasteiger charge is -2.08. The average molecular weight is 213 g/mol. The van der Waals surface area contributed by atoms with Crippen molar-refractivity contribution in [1.29, 1.82) is 0 Å². The Bertz CT molecular complexity index is 528. The number of nitrogens with one attached hydrogen (secondary N) is 1. The molecule has 0 radical (unpaired) electrons. The van der Waals surface area contributed by atoms with Gasteiger partial charge in [0.1, 0.15) is 11.5 Å². The maximum Gasteiger partial charge on any atom is 0.149 e. The van der Waals surface area contributed by atoms with Crippen LogP contribution in [0.4, 0.5) is 11.5 Å². The number of anilines is 1. The quantitative estimate of drug-likeness (QED) is 0.765. The van der Waals surface area contributed by atoms with Crippen LogP contribution in [0, 0.1) is 0 Å². The first-order valence-corrected chi connectivity index (χ1v) is 4.64. The summed E-state index contributed by atoms with van der Waals surface area (Å²) in [4.78, 5) is 7.94. The molecule has 2 aromatic rings. The monoisotopic (exact) mass is 213 g/mol. The summed E-state index contributed by atoms with van der Waals surface area (Å²) in [6.07, 6.45) is 6.83. The first-order chi connectivity index (χ1) is 7.77. The molecule has 0 unspecified atom stereocenters. The van der Waals surface area contributed by atoms with Crippen LogP contribution in [0.25, 0.3) is 17.2 Å². The fourth-order valence-electron chi connectivity index (χ4n) is 1.53. The van der Waals surface area contributed by atoms with E-state index in [1.807, 2.05) is 0 Å². The number of nitrogens with two attached hydrogens (primary N) is 1. The van der Waals surface area contributed by atoms with Crippen LogP contribution in [0.5, 0.6) is 0 Å². The molecule has 0 amide bonds. The largest absolute Gasteiger partial charge is 0.382 e. The molecule has 2 heterocycles. The van der Waals surface area contributed by atoms with E-state index >= 15 is 0 Å². The molecule has 2 aromatic heterocycles. The molecule has 80 valence electrons. The Morgan fingerprint density at radius 1 is 1.44 bits per heavy atom. The summed E-state index contributed by atoms with van der Waals surface area (Å²) in [6, 6.07) is 0. The Labute approximate surface area is 92.7 Å². The Kier molecular flexibility index (Phi) is 2.51. The van der Waals surface area contributed by atoms with Gasteiger partial charge in [0.25, 0.3) is 0 Å². The van der Waals surface area contributed by atoms with Gasteiger partial charge < -0.3 is 5.73 Å². The number of hydrogen-bond acceptors (Lipinski definition) is 4. The summed E-state index contributed by atoms with van der Waals surface area (Å²) in [6.45, 7) is 7.23. The van der Waals surface area contributed by atoms with E-state index in [0.29, 0.717) is 11.5 Å². The Morgan fingerprint density at radius 2 is 2.25 bits per heavy atom. The molecule has 0 atom stereocenters. The lowest BCUT2D eigenvalue weighted by molar-refractivity contribution is 1.09. The predicted octanol–water partition coefficient (Wildman–Crippen LogP) is 2.03. The minimum atomic E-state index is 0.345. The second kappa shape index (κ2) is 3.98. The number of nitrogens with zero attached hydrogens (tertiary/aromatic N) is 3. The molecule has 5 nitrogen and oxygen atoms in total. The molecule has 0 fully saturated rings. The van der Waals surface area contributed by atoms with Crippen molar-refractivity contribution >= 4 is 24.3 Å². The van der Waals surface area contributed by atoms with Crippen LogP contribution in [0.15, 0.2) is 30.2 Å². The maximum absolute atomic E-state index is 5.71. The first kappa shape index (κ1) is 10.1. The second-order valence-electron chi connectivity index (χ2n) is 3.17. The van der Waals surface area contributed by atoms with Crippen molar-refractivity contribution < 1.29 is 0 Å². The van der Waals surface area contributed by atoms with E-state index in [9.17, 15) is 0 Å². The second-order valence-corrected chi connectivity index (χ2v) is 3.17. The van der Waals surface area contributed by atoms with Crippen LogP contribution in [0.1, 0.15) is 5.56 Å². The third-order valence-electron chi connectivity index (χ3n) is 2.29. The molecule has 0 aliphatic heterocycles. The van der Waals surface area contributed by atoms with Gasteiger partial charge in [0.2, 0.25) is 0 Å². The molecule has 0 saturated carbocycles. The third-order valence-corrected chi connectivity index (χ3v) is 2.29. The Balaban J connectivity index is 2.72. The third kappa shape index (κ3) is 1.48. The number of hydrogen-bond donors (Lipinski definition) is 2. The smallest absolute Gasteiger partial charge is 0.149 e. The van der Waals surface area contributed by atoms with Gasteiger partial charge in [0, 0.05) is 29.1 Å². The van der Waals surface area contributed by atoms with Crippen molar-refractivity contribution in [3.05, 3.63) is 30.7 Å². The summed E-state index contributed by atoms with van der Waals surface area (Å²) < 4.78 is 0. The van der Waals surface area contributed by atoms with E-state index in [-0.39, 0.29) is 0 Å². The number of nitrogen functional groups attached to an aromatic ring is 1. The molecule has 0 saturated heterocycles. The average Bonchev–Trinajstić information content (AvgIpc) is 2.81. The topological polar surface area (TPSA) is 80.0 Å². The highest BCUT2D eigenvalue weighted by atomic mass is 15.1. The normalized spacial score (nSPS) is 10.0. The van der Waals surface area contributed by atoms with Crippen LogP contribution in [0.3, 0.4) is 0 Å². The Morgan fingerprint density at radius 3 is 2.81 bits per heavy atom. The van der Waals surface area contributed by atoms with Crippen LogP contribution in [-0.2, 0) is 0 Å². The van der Waals surface area contributed by atoms with E-state index < -0.39 is 0 Å². The van der Waals surface area contributed by atoms with Gasteiger partial charge in [-0.2, -0.15) is 5.10 Å². The SMILES string of the molecule is C=Cc1c(-c2cn[nH]c2)cnc(N)c1N=C. The minimum Gasteiger partial charge on any atom is -0.382 e. The zero-order valence-corrected chi connectivity index (χ0v) is 8.64. The lowest BCUT2D eigenvalue weighted by Crippen LogP contribution is -1.94. The van der Waals surface area contributed by atoms with E-state index in [4.69, 9.17) is 5.73 Å². The molecule has 0 bridgehead atoms. The van der Waals surface area contributed by atoms with Gasteiger partial charge in [-0.15, -0.1) is 0 Å². The predicted molar refractivity (Wildman–Crippen MR) is 65.5 cm³/mol. The van der Waals surface area contributed by atoms with Gasteiger partial charge in [-0.3, -0.25) is 10.1 Å². The van der Waals surface area contributed by atoms with Gasteiger partial charge in [0.15, 0.2) is 0 Å². The molecule has 0 aliphatic rings. The van der Waals surface area contributed by atoms with Gasteiger partial charge in [0.05, 0.1) is 6.20 Å². The summed E-state index contributed by atoms with van der Waals surface area (Å²) in [5.74, 6) is 0.345. The van der Waals surface area contributed by atoms with Crippen molar-refractivity contribution in [3.63, 3.8) is 0 Å². The fourth-order valence-corrected chi connectivity index (χ4v) is 1.53. The van der Waals surface area contributed by atoms with Crippen LogP contribution >= 0.6 is 0 Å². The van der Waals surface area contributed by atoms with Crippen LogP contribution < -0.4 is 5.73 Å². The number of aromatic amines is 1. The van der Waals surface area contributed by atoms with Crippen LogP contribution in [-0.4, -0.2) is 21.9 Å². The molecular formula is C11H11N5. The molecule has 3 N–H and O–H groups in total. The van der Waals surface area contributed by atoms with E-state index in [1.54, 1.807) is 24.7 Å². The standard InChI is InChI=1S/C11H11N5/c1-3-8-9(7-4-15-16-5-7)6-14-11(12)10(8)13-2/h3-6H,1-2H2,(H2,12,14)(H,15,16). The van der Waals surface area contributed by atoms with Crippen molar-refractivity contribution in [2.45, 2.75) is 0 Å². The van der Waals surface area contributed by atoms with Crippen LogP contribution in [0.2, 0.25) is 0 Å². The molecular weight excluding hydrogens is 202 g/mol. The molecule has 0 spiro atoms. The summed E-state index contributed by atoms with van der Waals surface area (Å²) in [5.41, 5.74) is 8.86. The molecule has 0 aliphatic carbocycles. The van der Waals surface area contributed by atoms with E-state index in [2.05, 4.69) is 33.5 Å². The van der Waals surface area contributed by atoms with Gasteiger partial charge in [-0.1, -0.05) is 12.7 Å². The van der Waals surface area contributed by atoms with Gasteiger partial charge in [-0.25, -0.2) is 4.98 Å². The Hall–Kier alpha value is -2.43. The summed E-state index contributed by atoms with van der Waals surface area (Å²) in [5, 5.41) is 6.63. The maximum atomic E-state index is 5.71. The molecule has 2 rings (SSSR count). The fraction of sp³-hybridized carbons (Fsp3) is 0. The molecule has 5 heteroatoms. The van der Waals surface area contributed by atoms with Crippen molar-refractivity contribution in [1.82, 2.24) is 15.2 Å². The zero-order valence-electron chi connectivity index (χ0n) is 8.64. The number of aromatic nitrogens is 3. The highest BCUT2D eigenvalue weighted by molar-refractivity contribution is 5.85. The number of H-pyrrole nitrogens is 1. The highest BCUT2D eigenvalue weighted by Gasteiger charge is 2.11. The van der Waals surface area contributed by atoms with Crippen molar-refractivity contribution in [3.8, 4) is 11.1 Å². The minimum absolute atomic E-state index is 0.345. The molecule has 0 aromatic carbocycles. The highest BCUT2D eigenvalue weighted by Crippen LogP contribution is 2.33.